The van der Waals surface area contributed by atoms with Crippen molar-refractivity contribution in [2.24, 2.45) is 11.3 Å². The van der Waals surface area contributed by atoms with Gasteiger partial charge in [-0.3, -0.25) is 9.69 Å². The first kappa shape index (κ1) is 18.1. The number of amides is 1. The molecule has 1 unspecified atom stereocenters. The van der Waals surface area contributed by atoms with Crippen LogP contribution in [0.15, 0.2) is 18.7 Å². The summed E-state index contributed by atoms with van der Waals surface area (Å²) >= 11 is 0. The maximum atomic E-state index is 12.5. The fourth-order valence-corrected chi connectivity index (χ4v) is 4.49. The number of tetrazole rings is 1. The maximum absolute atomic E-state index is 12.5. The smallest absolute Gasteiger partial charge is 0.244 e. The van der Waals surface area contributed by atoms with E-state index in [4.69, 9.17) is 0 Å². The van der Waals surface area contributed by atoms with Crippen molar-refractivity contribution in [3.63, 3.8) is 0 Å². The van der Waals surface area contributed by atoms with Gasteiger partial charge in [0.1, 0.15) is 18.7 Å². The molecule has 1 atom stereocenters. The first-order valence-corrected chi connectivity index (χ1v) is 9.48. The second kappa shape index (κ2) is 7.73. The molecule has 2 fully saturated rings. The van der Waals surface area contributed by atoms with Crippen molar-refractivity contribution in [1.82, 2.24) is 40.0 Å². The summed E-state index contributed by atoms with van der Waals surface area (Å²) in [5.41, 5.74) is 0.125. The van der Waals surface area contributed by atoms with Crippen LogP contribution in [0.25, 0.3) is 0 Å². The van der Waals surface area contributed by atoms with Crippen LogP contribution in [0.3, 0.4) is 0 Å². The summed E-state index contributed by atoms with van der Waals surface area (Å²) < 4.78 is 1.44. The lowest BCUT2D eigenvalue weighted by Crippen LogP contribution is -2.55. The molecule has 146 valence electrons. The van der Waals surface area contributed by atoms with Gasteiger partial charge in [0.05, 0.1) is 6.54 Å². The van der Waals surface area contributed by atoms with Gasteiger partial charge in [-0.25, -0.2) is 9.67 Å². The number of nitrogens with zero attached hydrogens (tertiary/aromatic N) is 7. The molecule has 2 aromatic rings. The second-order valence-electron chi connectivity index (χ2n) is 7.65. The predicted molar refractivity (Wildman–Crippen MR) is 95.1 cm³/mol. The second-order valence-corrected chi connectivity index (χ2v) is 7.65. The Labute approximate surface area is 157 Å². The molecule has 10 heteroatoms. The average molecular weight is 374 g/mol. The third-order valence-electron chi connectivity index (χ3n) is 6.23. The molecule has 2 aliphatic rings. The number of aromatic amines is 1. The molecule has 27 heavy (non-hydrogen) atoms. The molecular formula is C17H26N8O2. The molecule has 0 radical (unpaired) electrons. The number of aliphatic hydroxyl groups excluding tert-OH is 1. The molecule has 1 amide bonds. The van der Waals surface area contributed by atoms with Crippen LogP contribution in [-0.4, -0.2) is 83.8 Å². The van der Waals surface area contributed by atoms with E-state index < -0.39 is 0 Å². The molecule has 0 saturated carbocycles. The minimum atomic E-state index is 0.00542. The molecule has 2 saturated heterocycles. The van der Waals surface area contributed by atoms with E-state index >= 15 is 0 Å². The lowest BCUT2D eigenvalue weighted by molar-refractivity contribution is -0.139. The zero-order chi connectivity index (χ0) is 18.7. The lowest BCUT2D eigenvalue weighted by Gasteiger charge is -2.51. The van der Waals surface area contributed by atoms with Crippen LogP contribution in [0, 0.1) is 11.3 Å². The summed E-state index contributed by atoms with van der Waals surface area (Å²) in [7, 11) is 0. The molecule has 1 spiro atoms. The fraction of sp³-hybridized carbons (Fsp3) is 0.706. The normalized spacial score (nSPS) is 23.0. The summed E-state index contributed by atoms with van der Waals surface area (Å²) in [6.45, 7) is 4.43. The number of likely N-dealkylation sites (tertiary alicyclic amines) is 2. The van der Waals surface area contributed by atoms with Crippen LogP contribution in [0.2, 0.25) is 0 Å². The zero-order valence-electron chi connectivity index (χ0n) is 15.4. The topological polar surface area (TPSA) is 116 Å². The molecule has 4 rings (SSSR count). The number of carbonyl (C=O) groups is 1. The standard InChI is InChI=1S/C17H26N8O2/c26-12-14-9-24(16(27)11-25-13-20-21-22-25)8-3-17(14)1-6-23(7-2-17)10-15-18-4-5-19-15/h4-5,13-14,26H,1-3,6-12H2,(H,18,19). The molecule has 2 N–H and O–H groups in total. The van der Waals surface area contributed by atoms with Crippen LogP contribution >= 0.6 is 0 Å². The number of hydrogen-bond donors (Lipinski definition) is 2. The number of carbonyl (C=O) groups excluding carboxylic acids is 1. The number of aliphatic hydroxyl groups is 1. The Morgan fingerprint density at radius 2 is 2.11 bits per heavy atom. The van der Waals surface area contributed by atoms with Crippen molar-refractivity contribution in [3.05, 3.63) is 24.5 Å². The van der Waals surface area contributed by atoms with Gasteiger partial charge in [-0.15, -0.1) is 5.10 Å². The van der Waals surface area contributed by atoms with Gasteiger partial charge in [-0.2, -0.15) is 0 Å². The van der Waals surface area contributed by atoms with E-state index in [1.807, 2.05) is 11.1 Å². The Morgan fingerprint density at radius 1 is 1.30 bits per heavy atom. The molecule has 2 aromatic heterocycles. The Hall–Kier alpha value is -2.33. The predicted octanol–water partition coefficient (Wildman–Crippen LogP) is -0.481. The summed E-state index contributed by atoms with van der Waals surface area (Å²) in [4.78, 5) is 24.3. The van der Waals surface area contributed by atoms with Crippen LogP contribution in [0.4, 0.5) is 0 Å². The van der Waals surface area contributed by atoms with Crippen molar-refractivity contribution in [1.29, 1.82) is 0 Å². The van der Waals surface area contributed by atoms with Gasteiger partial charge in [-0.1, -0.05) is 0 Å². The van der Waals surface area contributed by atoms with Gasteiger partial charge in [0.15, 0.2) is 0 Å². The Kier molecular flexibility index (Phi) is 5.17. The summed E-state index contributed by atoms with van der Waals surface area (Å²) in [5.74, 6) is 1.12. The number of imidazole rings is 1. The van der Waals surface area contributed by atoms with Crippen LogP contribution in [0.1, 0.15) is 25.1 Å². The minimum absolute atomic E-state index is 0.00542. The number of hydrogen-bond acceptors (Lipinski definition) is 7. The van der Waals surface area contributed by atoms with E-state index in [1.54, 1.807) is 6.20 Å². The van der Waals surface area contributed by atoms with Crippen molar-refractivity contribution < 1.29 is 9.90 Å². The number of piperidine rings is 2. The van der Waals surface area contributed by atoms with Crippen molar-refractivity contribution >= 4 is 5.91 Å². The van der Waals surface area contributed by atoms with Gasteiger partial charge in [-0.05, 0) is 48.2 Å². The number of rotatable bonds is 5. The zero-order valence-corrected chi connectivity index (χ0v) is 15.4. The average Bonchev–Trinajstić information content (AvgIpc) is 3.38. The van der Waals surface area contributed by atoms with Gasteiger partial charge < -0.3 is 15.0 Å². The van der Waals surface area contributed by atoms with Gasteiger partial charge in [0.25, 0.3) is 0 Å². The summed E-state index contributed by atoms with van der Waals surface area (Å²) in [6.07, 6.45) is 8.12. The van der Waals surface area contributed by atoms with E-state index in [-0.39, 0.29) is 30.4 Å². The highest BCUT2D eigenvalue weighted by Gasteiger charge is 2.45. The monoisotopic (exact) mass is 374 g/mol. The van der Waals surface area contributed by atoms with Crippen LogP contribution < -0.4 is 0 Å². The highest BCUT2D eigenvalue weighted by atomic mass is 16.3. The maximum Gasteiger partial charge on any atom is 0.244 e. The van der Waals surface area contributed by atoms with E-state index in [2.05, 4.69) is 30.4 Å². The summed E-state index contributed by atoms with van der Waals surface area (Å²) in [6, 6.07) is 0. The largest absolute Gasteiger partial charge is 0.396 e. The number of aromatic nitrogens is 6. The quantitative estimate of drug-likeness (QED) is 0.726. The molecule has 0 aliphatic carbocycles. The highest BCUT2D eigenvalue weighted by Crippen LogP contribution is 2.45. The van der Waals surface area contributed by atoms with Crippen molar-refractivity contribution in [3.8, 4) is 0 Å². The van der Waals surface area contributed by atoms with Crippen molar-refractivity contribution in [2.75, 3.05) is 32.8 Å². The molecule has 10 nitrogen and oxygen atoms in total. The van der Waals surface area contributed by atoms with E-state index in [0.717, 1.165) is 51.3 Å². The SMILES string of the molecule is O=C(Cn1cnnn1)N1CCC2(CCN(Cc3ncc[nH]3)CC2)C(CO)C1. The first-order chi connectivity index (χ1) is 13.2. The number of nitrogens with one attached hydrogen (secondary N) is 1. The lowest BCUT2D eigenvalue weighted by atomic mass is 9.64. The Morgan fingerprint density at radius 3 is 2.78 bits per heavy atom. The fourth-order valence-electron chi connectivity index (χ4n) is 4.49. The molecule has 0 bridgehead atoms. The van der Waals surface area contributed by atoms with Gasteiger partial charge in [0.2, 0.25) is 5.91 Å². The first-order valence-electron chi connectivity index (χ1n) is 9.48. The highest BCUT2D eigenvalue weighted by molar-refractivity contribution is 5.76. The molecule has 0 aromatic carbocycles. The van der Waals surface area contributed by atoms with Crippen LogP contribution in [0.5, 0.6) is 0 Å². The molecule has 2 aliphatic heterocycles. The Balaban J connectivity index is 1.34. The third-order valence-corrected chi connectivity index (χ3v) is 6.23. The summed E-state index contributed by atoms with van der Waals surface area (Å²) in [5, 5.41) is 20.9. The van der Waals surface area contributed by atoms with E-state index in [0.29, 0.717) is 6.54 Å². The van der Waals surface area contributed by atoms with Crippen molar-refractivity contribution in [2.45, 2.75) is 32.4 Å². The third kappa shape index (κ3) is 3.86. The molecular weight excluding hydrogens is 348 g/mol. The molecule has 4 heterocycles. The number of H-pyrrole nitrogens is 1. The Bertz CT molecular complexity index is 724. The van der Waals surface area contributed by atoms with E-state index in [1.165, 1.54) is 11.0 Å². The van der Waals surface area contributed by atoms with Gasteiger partial charge >= 0.3 is 0 Å². The van der Waals surface area contributed by atoms with Gasteiger partial charge in [0, 0.05) is 38.0 Å². The minimum Gasteiger partial charge on any atom is -0.396 e. The van der Waals surface area contributed by atoms with E-state index in [9.17, 15) is 9.90 Å². The van der Waals surface area contributed by atoms with Crippen LogP contribution in [-0.2, 0) is 17.9 Å².